The van der Waals surface area contributed by atoms with Crippen LogP contribution in [0.25, 0.3) is 0 Å². The van der Waals surface area contributed by atoms with Crippen LogP contribution in [0.5, 0.6) is 11.6 Å². The minimum Gasteiger partial charge on any atom is -0.495 e. The lowest BCUT2D eigenvalue weighted by Crippen LogP contribution is -2.21. The first-order chi connectivity index (χ1) is 11.3. The Labute approximate surface area is 136 Å². The van der Waals surface area contributed by atoms with Gasteiger partial charge in [-0.25, -0.2) is 4.98 Å². The minimum atomic E-state index is 0.195. The molecule has 3 rings (SSSR count). The Morgan fingerprint density at radius 3 is 2.70 bits per heavy atom. The Hall–Kier alpha value is -2.50. The molecule has 1 aliphatic carbocycles. The van der Waals surface area contributed by atoms with Gasteiger partial charge in [-0.3, -0.25) is 0 Å². The average molecular weight is 314 g/mol. The van der Waals surface area contributed by atoms with Crippen molar-refractivity contribution in [1.29, 1.82) is 0 Å². The lowest BCUT2D eigenvalue weighted by molar-refractivity contribution is 0.149. The number of hydrogen-bond donors (Lipinski definition) is 2. The number of para-hydroxylation sites is 2. The standard InChI is InChI=1S/C17H22N4O2/c1-22-14-10-6-5-9-13(14)21-16-15(18)17(20-11-19-16)23-12-7-3-2-4-8-12/h5-6,9-12H,2-4,7-8,18H2,1H3,(H,19,20,21). The fraction of sp³-hybridized carbons (Fsp3) is 0.412. The van der Waals surface area contributed by atoms with E-state index in [0.29, 0.717) is 17.4 Å². The van der Waals surface area contributed by atoms with Gasteiger partial charge in [-0.15, -0.1) is 0 Å². The molecule has 1 aliphatic rings. The molecule has 0 saturated heterocycles. The number of hydrogen-bond acceptors (Lipinski definition) is 6. The number of methoxy groups -OCH3 is 1. The topological polar surface area (TPSA) is 82.3 Å². The highest BCUT2D eigenvalue weighted by Crippen LogP contribution is 2.33. The van der Waals surface area contributed by atoms with Crippen LogP contribution in [0.1, 0.15) is 32.1 Å². The van der Waals surface area contributed by atoms with Crippen LogP contribution in [-0.2, 0) is 0 Å². The number of aromatic nitrogens is 2. The summed E-state index contributed by atoms with van der Waals surface area (Å²) in [7, 11) is 1.63. The van der Waals surface area contributed by atoms with E-state index in [4.69, 9.17) is 15.2 Å². The predicted molar refractivity (Wildman–Crippen MR) is 90.2 cm³/mol. The van der Waals surface area contributed by atoms with Crippen LogP contribution in [0.3, 0.4) is 0 Å². The van der Waals surface area contributed by atoms with Gasteiger partial charge in [0.1, 0.15) is 23.9 Å². The van der Waals surface area contributed by atoms with Gasteiger partial charge < -0.3 is 20.5 Å². The summed E-state index contributed by atoms with van der Waals surface area (Å²) in [5, 5.41) is 3.19. The van der Waals surface area contributed by atoms with E-state index in [9.17, 15) is 0 Å². The molecular weight excluding hydrogens is 292 g/mol. The number of rotatable bonds is 5. The molecule has 1 heterocycles. The largest absolute Gasteiger partial charge is 0.495 e. The summed E-state index contributed by atoms with van der Waals surface area (Å²) in [4.78, 5) is 8.41. The van der Waals surface area contributed by atoms with Crippen molar-refractivity contribution in [2.75, 3.05) is 18.2 Å². The highest BCUT2D eigenvalue weighted by atomic mass is 16.5. The third-order valence-electron chi connectivity index (χ3n) is 4.04. The highest BCUT2D eigenvalue weighted by Gasteiger charge is 2.18. The SMILES string of the molecule is COc1ccccc1Nc1ncnc(OC2CCCCC2)c1N. The zero-order valence-corrected chi connectivity index (χ0v) is 13.3. The van der Waals surface area contributed by atoms with Crippen molar-refractivity contribution >= 4 is 17.2 Å². The normalized spacial score (nSPS) is 15.2. The lowest BCUT2D eigenvalue weighted by atomic mass is 9.98. The maximum atomic E-state index is 6.19. The van der Waals surface area contributed by atoms with Crippen molar-refractivity contribution in [3.8, 4) is 11.6 Å². The zero-order valence-electron chi connectivity index (χ0n) is 13.3. The van der Waals surface area contributed by atoms with Crippen LogP contribution in [0.15, 0.2) is 30.6 Å². The molecule has 0 bridgehead atoms. The van der Waals surface area contributed by atoms with E-state index in [0.717, 1.165) is 24.3 Å². The van der Waals surface area contributed by atoms with Gasteiger partial charge in [0.2, 0.25) is 5.88 Å². The monoisotopic (exact) mass is 314 g/mol. The van der Waals surface area contributed by atoms with E-state index >= 15 is 0 Å². The molecule has 0 amide bonds. The summed E-state index contributed by atoms with van der Waals surface area (Å²) >= 11 is 0. The van der Waals surface area contributed by atoms with E-state index < -0.39 is 0 Å². The molecule has 3 N–H and O–H groups in total. The van der Waals surface area contributed by atoms with Crippen LogP contribution in [0, 0.1) is 0 Å². The summed E-state index contributed by atoms with van der Waals surface area (Å²) in [6.45, 7) is 0. The Morgan fingerprint density at radius 1 is 1.13 bits per heavy atom. The summed E-state index contributed by atoms with van der Waals surface area (Å²) in [6.07, 6.45) is 7.44. The molecule has 6 heteroatoms. The molecule has 0 aliphatic heterocycles. The van der Waals surface area contributed by atoms with Crippen LogP contribution in [0.4, 0.5) is 17.2 Å². The molecule has 1 aromatic carbocycles. The van der Waals surface area contributed by atoms with Gasteiger partial charge in [-0.05, 0) is 37.8 Å². The molecule has 6 nitrogen and oxygen atoms in total. The Kier molecular flexibility index (Phi) is 4.80. The van der Waals surface area contributed by atoms with Gasteiger partial charge in [-0.2, -0.15) is 4.98 Å². The lowest BCUT2D eigenvalue weighted by Gasteiger charge is -2.23. The number of nitrogens with one attached hydrogen (secondary N) is 1. The van der Waals surface area contributed by atoms with Crippen molar-refractivity contribution in [2.24, 2.45) is 0 Å². The zero-order chi connectivity index (χ0) is 16.1. The third-order valence-corrected chi connectivity index (χ3v) is 4.04. The van der Waals surface area contributed by atoms with E-state index in [1.807, 2.05) is 24.3 Å². The third kappa shape index (κ3) is 3.64. The fourth-order valence-electron chi connectivity index (χ4n) is 2.79. The first kappa shape index (κ1) is 15.4. The van der Waals surface area contributed by atoms with E-state index in [2.05, 4.69) is 15.3 Å². The van der Waals surface area contributed by atoms with Crippen molar-refractivity contribution in [3.63, 3.8) is 0 Å². The molecule has 1 fully saturated rings. The number of ether oxygens (including phenoxy) is 2. The second-order valence-corrected chi connectivity index (χ2v) is 5.64. The molecule has 0 atom stereocenters. The van der Waals surface area contributed by atoms with Crippen LogP contribution in [-0.4, -0.2) is 23.2 Å². The first-order valence-corrected chi connectivity index (χ1v) is 7.95. The number of benzene rings is 1. The highest BCUT2D eigenvalue weighted by molar-refractivity contribution is 5.74. The second kappa shape index (κ2) is 7.17. The van der Waals surface area contributed by atoms with Crippen molar-refractivity contribution in [1.82, 2.24) is 9.97 Å². The van der Waals surface area contributed by atoms with Gasteiger partial charge in [-0.1, -0.05) is 18.6 Å². The molecule has 122 valence electrons. The van der Waals surface area contributed by atoms with Crippen LogP contribution < -0.4 is 20.5 Å². The number of nitrogens with two attached hydrogens (primary N) is 1. The molecule has 2 aromatic rings. The molecule has 0 unspecified atom stereocenters. The van der Waals surface area contributed by atoms with Crippen LogP contribution >= 0.6 is 0 Å². The molecule has 23 heavy (non-hydrogen) atoms. The molecule has 0 radical (unpaired) electrons. The fourth-order valence-corrected chi connectivity index (χ4v) is 2.79. The first-order valence-electron chi connectivity index (χ1n) is 7.95. The van der Waals surface area contributed by atoms with Crippen molar-refractivity contribution in [2.45, 2.75) is 38.2 Å². The molecule has 1 saturated carbocycles. The summed E-state index contributed by atoms with van der Waals surface area (Å²) in [6, 6.07) is 7.60. The predicted octanol–water partition coefficient (Wildman–Crippen LogP) is 3.52. The molecule has 0 spiro atoms. The van der Waals surface area contributed by atoms with E-state index in [1.54, 1.807) is 7.11 Å². The smallest absolute Gasteiger partial charge is 0.242 e. The average Bonchev–Trinajstić information content (AvgIpc) is 2.60. The number of nitrogens with zero attached hydrogens (tertiary/aromatic N) is 2. The second-order valence-electron chi connectivity index (χ2n) is 5.64. The molecule has 1 aromatic heterocycles. The maximum Gasteiger partial charge on any atom is 0.242 e. The minimum absolute atomic E-state index is 0.195. The van der Waals surface area contributed by atoms with Crippen molar-refractivity contribution < 1.29 is 9.47 Å². The van der Waals surface area contributed by atoms with Crippen LogP contribution in [0.2, 0.25) is 0 Å². The summed E-state index contributed by atoms with van der Waals surface area (Å²) < 4.78 is 11.3. The molecular formula is C17H22N4O2. The van der Waals surface area contributed by atoms with E-state index in [1.165, 1.54) is 25.6 Å². The Bertz CT molecular complexity index is 657. The quantitative estimate of drug-likeness (QED) is 0.878. The van der Waals surface area contributed by atoms with Gasteiger partial charge in [0.15, 0.2) is 5.82 Å². The van der Waals surface area contributed by atoms with Gasteiger partial charge >= 0.3 is 0 Å². The van der Waals surface area contributed by atoms with Gasteiger partial charge in [0.25, 0.3) is 0 Å². The van der Waals surface area contributed by atoms with Gasteiger partial charge in [0, 0.05) is 0 Å². The Morgan fingerprint density at radius 2 is 1.91 bits per heavy atom. The van der Waals surface area contributed by atoms with E-state index in [-0.39, 0.29) is 6.10 Å². The maximum absolute atomic E-state index is 6.19. The Balaban J connectivity index is 1.79. The number of anilines is 3. The van der Waals surface area contributed by atoms with Crippen molar-refractivity contribution in [3.05, 3.63) is 30.6 Å². The summed E-state index contributed by atoms with van der Waals surface area (Å²) in [5.74, 6) is 1.69. The summed E-state index contributed by atoms with van der Waals surface area (Å²) in [5.41, 5.74) is 7.40. The van der Waals surface area contributed by atoms with Gasteiger partial charge in [0.05, 0.1) is 12.8 Å². The number of nitrogen functional groups attached to an aromatic ring is 1.